The summed E-state index contributed by atoms with van der Waals surface area (Å²) in [6.45, 7) is 0. The average molecular weight is 410 g/mol. The molecular weight excluding hydrogens is 403 g/mol. The molecule has 3 aromatic heterocycles. The predicted octanol–water partition coefficient (Wildman–Crippen LogP) is 4.41. The largest absolute Gasteiger partial charge is 0.317 e. The highest BCUT2D eigenvalue weighted by Crippen LogP contribution is 2.29. The summed E-state index contributed by atoms with van der Waals surface area (Å²) in [5.41, 5.74) is -1.000. The van der Waals surface area contributed by atoms with E-state index in [0.717, 1.165) is 11.1 Å². The first-order valence-electron chi connectivity index (χ1n) is 7.59. The zero-order chi connectivity index (χ0) is 20.0. The highest BCUT2D eigenvalue weighted by Gasteiger charge is 2.28. The minimum Gasteiger partial charge on any atom is -0.317 e. The highest BCUT2D eigenvalue weighted by atomic mass is 32.1. The molecule has 0 fully saturated rings. The van der Waals surface area contributed by atoms with Crippen LogP contribution in [0.1, 0.15) is 10.4 Å². The summed E-state index contributed by atoms with van der Waals surface area (Å²) in [5, 5.41) is 7.58. The lowest BCUT2D eigenvalue weighted by molar-refractivity contribution is 0.102. The van der Waals surface area contributed by atoms with Crippen molar-refractivity contribution < 1.29 is 26.7 Å². The van der Waals surface area contributed by atoms with Gasteiger partial charge in [-0.3, -0.25) is 4.79 Å². The second-order valence-corrected chi connectivity index (χ2v) is 6.45. The molecule has 4 rings (SSSR count). The van der Waals surface area contributed by atoms with Gasteiger partial charge in [0.25, 0.3) is 5.91 Å². The van der Waals surface area contributed by atoms with Crippen molar-refractivity contribution >= 4 is 28.6 Å². The number of anilines is 1. The van der Waals surface area contributed by atoms with E-state index in [2.05, 4.69) is 10.1 Å². The van der Waals surface area contributed by atoms with Crippen molar-refractivity contribution in [1.29, 1.82) is 0 Å². The van der Waals surface area contributed by atoms with Crippen LogP contribution >= 0.6 is 11.3 Å². The van der Waals surface area contributed by atoms with Crippen molar-refractivity contribution in [2.75, 3.05) is 5.32 Å². The van der Waals surface area contributed by atoms with E-state index in [1.54, 1.807) is 11.4 Å². The predicted molar refractivity (Wildman–Crippen MR) is 90.5 cm³/mol. The Bertz CT molecular complexity index is 1190. The van der Waals surface area contributed by atoms with Gasteiger partial charge >= 0.3 is 0 Å². The fourth-order valence-corrected chi connectivity index (χ4v) is 3.29. The van der Waals surface area contributed by atoms with Crippen LogP contribution in [0.4, 0.5) is 27.6 Å². The molecule has 1 N–H and O–H groups in total. The van der Waals surface area contributed by atoms with Gasteiger partial charge in [-0.1, -0.05) is 6.07 Å². The van der Waals surface area contributed by atoms with Gasteiger partial charge in [-0.05, 0) is 17.5 Å². The Labute approximate surface area is 157 Å². The van der Waals surface area contributed by atoms with Crippen molar-refractivity contribution in [3.05, 3.63) is 70.6 Å². The smallest absolute Gasteiger partial charge is 0.261 e. The Kier molecular flexibility index (Phi) is 4.30. The van der Waals surface area contributed by atoms with Crippen molar-refractivity contribution in [2.45, 2.75) is 0 Å². The first-order valence-corrected chi connectivity index (χ1v) is 8.47. The number of hydrogen-bond donors (Lipinski definition) is 1. The van der Waals surface area contributed by atoms with Crippen LogP contribution in [0.25, 0.3) is 16.2 Å². The minimum absolute atomic E-state index is 0.0484. The maximum absolute atomic E-state index is 13.8. The molecule has 0 atom stereocenters. The van der Waals surface area contributed by atoms with E-state index < -0.39 is 40.7 Å². The molecule has 0 aliphatic heterocycles. The Morgan fingerprint density at radius 3 is 2.32 bits per heavy atom. The molecule has 0 aliphatic rings. The molecule has 5 nitrogen and oxygen atoms in total. The van der Waals surface area contributed by atoms with Crippen LogP contribution in [0.5, 0.6) is 0 Å². The number of nitrogens with one attached hydrogen (secondary N) is 1. The highest BCUT2D eigenvalue weighted by molar-refractivity contribution is 7.13. The number of amides is 1. The summed E-state index contributed by atoms with van der Waals surface area (Å²) in [7, 11) is 0. The van der Waals surface area contributed by atoms with E-state index in [1.807, 2.05) is 17.5 Å². The van der Waals surface area contributed by atoms with Gasteiger partial charge in [0.05, 0.1) is 16.8 Å². The number of carbonyl (C=O) groups excluding carboxylic acids is 1. The average Bonchev–Trinajstić information content (AvgIpc) is 3.37. The van der Waals surface area contributed by atoms with Gasteiger partial charge in [-0.25, -0.2) is 31.5 Å². The quantitative estimate of drug-likeness (QED) is 0.309. The summed E-state index contributed by atoms with van der Waals surface area (Å²) in [6, 6.07) is 5.28. The summed E-state index contributed by atoms with van der Waals surface area (Å²) >= 11 is 1.41. The second kappa shape index (κ2) is 6.68. The SMILES string of the molecule is O=C(Nc1c(F)c(F)c(F)c(F)c1F)c1cnn2c(-c3cccs3)ccnc12. The van der Waals surface area contributed by atoms with Crippen LogP contribution in [0.15, 0.2) is 36.0 Å². The molecule has 142 valence electrons. The van der Waals surface area contributed by atoms with Crippen LogP contribution in [-0.2, 0) is 0 Å². The van der Waals surface area contributed by atoms with Gasteiger partial charge in [-0.15, -0.1) is 11.3 Å². The van der Waals surface area contributed by atoms with Crippen molar-refractivity contribution in [3.63, 3.8) is 0 Å². The van der Waals surface area contributed by atoms with Gasteiger partial charge in [-0.2, -0.15) is 5.10 Å². The zero-order valence-corrected chi connectivity index (χ0v) is 14.3. The fraction of sp³-hybridized carbons (Fsp3) is 0. The molecule has 4 aromatic rings. The molecule has 0 aliphatic carbocycles. The lowest BCUT2D eigenvalue weighted by Gasteiger charge is -2.09. The van der Waals surface area contributed by atoms with Crippen LogP contribution < -0.4 is 5.32 Å². The zero-order valence-electron chi connectivity index (χ0n) is 13.5. The van der Waals surface area contributed by atoms with Crippen LogP contribution in [0, 0.1) is 29.1 Å². The van der Waals surface area contributed by atoms with Gasteiger partial charge in [0.2, 0.25) is 5.82 Å². The molecule has 0 saturated heterocycles. The molecule has 3 heterocycles. The van der Waals surface area contributed by atoms with E-state index >= 15 is 0 Å². The fourth-order valence-electron chi connectivity index (χ4n) is 2.56. The second-order valence-electron chi connectivity index (χ2n) is 5.50. The van der Waals surface area contributed by atoms with Crippen molar-refractivity contribution in [3.8, 4) is 10.6 Å². The summed E-state index contributed by atoms with van der Waals surface area (Å²) < 4.78 is 68.7. The first kappa shape index (κ1) is 18.0. The maximum Gasteiger partial charge on any atom is 0.261 e. The Morgan fingerprint density at radius 2 is 1.68 bits per heavy atom. The number of nitrogens with zero attached hydrogens (tertiary/aromatic N) is 3. The minimum atomic E-state index is -2.31. The van der Waals surface area contributed by atoms with Gasteiger partial charge in [0.1, 0.15) is 11.3 Å². The number of aromatic nitrogens is 3. The molecule has 1 amide bonds. The standard InChI is InChI=1S/C17H7F5N4OS/c18-10-11(19)13(21)15(14(22)12(10)20)25-17(27)7-6-24-26-8(3-4-23-16(7)26)9-2-1-5-28-9/h1-6H,(H,25,27). The Balaban J connectivity index is 1.77. The van der Waals surface area contributed by atoms with Crippen molar-refractivity contribution in [2.24, 2.45) is 0 Å². The molecular formula is C17H7F5N4OS. The van der Waals surface area contributed by atoms with E-state index in [0.29, 0.717) is 5.69 Å². The van der Waals surface area contributed by atoms with Gasteiger partial charge < -0.3 is 5.32 Å². The Hall–Kier alpha value is -3.34. The number of thiophene rings is 1. The van der Waals surface area contributed by atoms with E-state index in [-0.39, 0.29) is 11.2 Å². The van der Waals surface area contributed by atoms with E-state index in [1.165, 1.54) is 22.0 Å². The molecule has 0 spiro atoms. The number of benzene rings is 1. The third-order valence-electron chi connectivity index (χ3n) is 3.87. The van der Waals surface area contributed by atoms with Gasteiger partial charge in [0, 0.05) is 6.20 Å². The maximum atomic E-state index is 13.8. The molecule has 0 unspecified atom stereocenters. The van der Waals surface area contributed by atoms with E-state index in [4.69, 9.17) is 0 Å². The topological polar surface area (TPSA) is 59.3 Å². The van der Waals surface area contributed by atoms with Crippen LogP contribution in [0.2, 0.25) is 0 Å². The molecule has 0 bridgehead atoms. The number of fused-ring (bicyclic) bond motifs is 1. The van der Waals surface area contributed by atoms with Crippen LogP contribution in [0.3, 0.4) is 0 Å². The molecule has 28 heavy (non-hydrogen) atoms. The van der Waals surface area contributed by atoms with Gasteiger partial charge in [0.15, 0.2) is 28.9 Å². The van der Waals surface area contributed by atoms with Crippen LogP contribution in [-0.4, -0.2) is 20.5 Å². The third-order valence-corrected chi connectivity index (χ3v) is 4.76. The molecule has 0 saturated carbocycles. The number of hydrogen-bond acceptors (Lipinski definition) is 4. The lowest BCUT2D eigenvalue weighted by atomic mass is 10.2. The monoisotopic (exact) mass is 410 g/mol. The number of carbonyl (C=O) groups is 1. The number of rotatable bonds is 3. The third kappa shape index (κ3) is 2.71. The first-order chi connectivity index (χ1) is 13.4. The molecule has 1 aromatic carbocycles. The van der Waals surface area contributed by atoms with E-state index in [9.17, 15) is 26.7 Å². The summed E-state index contributed by atoms with van der Waals surface area (Å²) in [5.74, 6) is -12.1. The molecule has 11 heteroatoms. The lowest BCUT2D eigenvalue weighted by Crippen LogP contribution is -2.17. The molecule has 0 radical (unpaired) electrons. The summed E-state index contributed by atoms with van der Waals surface area (Å²) in [4.78, 5) is 17.3. The Morgan fingerprint density at radius 1 is 1.00 bits per heavy atom. The normalized spacial score (nSPS) is 11.2. The number of halogens is 5. The van der Waals surface area contributed by atoms with Crippen molar-refractivity contribution in [1.82, 2.24) is 14.6 Å². The summed E-state index contributed by atoms with van der Waals surface area (Å²) in [6.07, 6.45) is 2.49.